The number of benzene rings is 3. The van der Waals surface area contributed by atoms with Crippen molar-refractivity contribution in [2.24, 2.45) is 0 Å². The first-order valence-corrected chi connectivity index (χ1v) is 14.9. The molecule has 0 saturated heterocycles. The predicted molar refractivity (Wildman–Crippen MR) is 121 cm³/mol. The zero-order valence-electron chi connectivity index (χ0n) is 16.7. The van der Waals surface area contributed by atoms with Gasteiger partial charge in [-0.1, -0.05) is 33.9 Å². The van der Waals surface area contributed by atoms with Crippen molar-refractivity contribution in [2.75, 3.05) is 0 Å². The molecule has 2 radical (unpaired) electrons. The van der Waals surface area contributed by atoms with Crippen LogP contribution >= 0.6 is 0 Å². The SMILES string of the molecule is C[Si](C)C(C)(C)C.c1cc[c]([Ge]([c]2ccccc2)[c]2ccccc2)cc1. The fourth-order valence-corrected chi connectivity index (χ4v) is 7.72. The molecule has 0 bridgehead atoms. The van der Waals surface area contributed by atoms with E-state index >= 15 is 0 Å². The van der Waals surface area contributed by atoms with E-state index in [0.717, 1.165) is 0 Å². The van der Waals surface area contributed by atoms with Crippen molar-refractivity contribution in [1.29, 1.82) is 0 Å². The minimum absolute atomic E-state index is 0.0502. The van der Waals surface area contributed by atoms with Crippen LogP contribution in [0.2, 0.25) is 18.1 Å². The van der Waals surface area contributed by atoms with E-state index in [1.165, 1.54) is 13.2 Å². The molecular formula is C24H30GeSi. The molecule has 0 aromatic heterocycles. The molecule has 3 rings (SSSR count). The second-order valence-corrected chi connectivity index (χ2v) is 16.4. The number of hydrogen-bond donors (Lipinski definition) is 0. The molecule has 0 heterocycles. The van der Waals surface area contributed by atoms with E-state index in [1.54, 1.807) is 0 Å². The molecule has 0 unspecified atom stereocenters. The van der Waals surface area contributed by atoms with Crippen LogP contribution in [0.5, 0.6) is 0 Å². The Morgan fingerprint density at radius 3 is 0.962 bits per heavy atom. The molecule has 3 aromatic rings. The van der Waals surface area contributed by atoms with E-state index in [9.17, 15) is 0 Å². The molecule has 26 heavy (non-hydrogen) atoms. The van der Waals surface area contributed by atoms with Gasteiger partial charge in [-0.2, -0.15) is 0 Å². The van der Waals surface area contributed by atoms with Gasteiger partial charge in [0.2, 0.25) is 0 Å². The van der Waals surface area contributed by atoms with Crippen molar-refractivity contribution < 1.29 is 0 Å². The van der Waals surface area contributed by atoms with Crippen LogP contribution in [0.25, 0.3) is 0 Å². The van der Waals surface area contributed by atoms with Crippen molar-refractivity contribution in [3.63, 3.8) is 0 Å². The molecule has 0 nitrogen and oxygen atoms in total. The Morgan fingerprint density at radius 1 is 0.538 bits per heavy atom. The first-order chi connectivity index (χ1) is 12.4. The Kier molecular flexibility index (Phi) is 7.92. The zero-order valence-corrected chi connectivity index (χ0v) is 19.8. The van der Waals surface area contributed by atoms with Crippen molar-refractivity contribution in [2.45, 2.75) is 38.9 Å². The second kappa shape index (κ2) is 9.94. The van der Waals surface area contributed by atoms with Crippen LogP contribution in [0.3, 0.4) is 0 Å². The molecule has 0 aliphatic carbocycles. The van der Waals surface area contributed by atoms with E-state index in [0.29, 0.717) is 5.04 Å². The van der Waals surface area contributed by atoms with E-state index in [1.807, 2.05) is 0 Å². The topological polar surface area (TPSA) is 0 Å². The van der Waals surface area contributed by atoms with Crippen LogP contribution in [-0.4, -0.2) is 23.1 Å². The molecule has 2 heteroatoms. The summed E-state index contributed by atoms with van der Waals surface area (Å²) in [5, 5.41) is 0.602. The molecule has 0 aliphatic heterocycles. The third kappa shape index (κ3) is 6.30. The zero-order chi connectivity index (χ0) is 19.0. The third-order valence-corrected chi connectivity index (χ3v) is 13.4. The summed E-state index contributed by atoms with van der Waals surface area (Å²) in [4.78, 5) is 0. The summed E-state index contributed by atoms with van der Waals surface area (Å²) in [6.07, 6.45) is 0. The first kappa shape index (κ1) is 20.7. The molecule has 0 saturated carbocycles. The van der Waals surface area contributed by atoms with Crippen LogP contribution in [-0.2, 0) is 0 Å². The molecular weight excluding hydrogens is 389 g/mol. The van der Waals surface area contributed by atoms with Gasteiger partial charge in [-0.15, -0.1) is 0 Å². The Bertz CT molecular complexity index is 653. The average molecular weight is 419 g/mol. The van der Waals surface area contributed by atoms with Gasteiger partial charge in [-0.05, 0) is 5.04 Å². The maximum atomic E-state index is 2.35. The Morgan fingerprint density at radius 2 is 0.769 bits per heavy atom. The van der Waals surface area contributed by atoms with Gasteiger partial charge in [0.25, 0.3) is 0 Å². The van der Waals surface area contributed by atoms with E-state index in [4.69, 9.17) is 0 Å². The number of rotatable bonds is 3. The summed E-state index contributed by atoms with van der Waals surface area (Å²) in [6, 6.07) is 32.8. The summed E-state index contributed by atoms with van der Waals surface area (Å²) in [7, 11) is -0.0502. The van der Waals surface area contributed by atoms with Crippen LogP contribution in [0.4, 0.5) is 0 Å². The van der Waals surface area contributed by atoms with Gasteiger partial charge in [0, 0.05) is 8.80 Å². The van der Waals surface area contributed by atoms with Crippen LogP contribution < -0.4 is 13.2 Å². The summed E-state index contributed by atoms with van der Waals surface area (Å²) < 4.78 is 4.50. The molecule has 0 aliphatic rings. The quantitative estimate of drug-likeness (QED) is 0.538. The maximum absolute atomic E-state index is 2.35. The molecule has 0 N–H and O–H groups in total. The van der Waals surface area contributed by atoms with Crippen molar-refractivity contribution in [3.05, 3.63) is 91.0 Å². The van der Waals surface area contributed by atoms with Crippen molar-refractivity contribution >= 4 is 36.3 Å². The van der Waals surface area contributed by atoms with Gasteiger partial charge < -0.3 is 0 Å². The number of hydrogen-bond acceptors (Lipinski definition) is 0. The van der Waals surface area contributed by atoms with Gasteiger partial charge in [-0.25, -0.2) is 0 Å². The molecule has 134 valence electrons. The molecule has 0 spiro atoms. The molecule has 0 amide bonds. The van der Waals surface area contributed by atoms with E-state index in [2.05, 4.69) is 125 Å². The third-order valence-electron chi connectivity index (χ3n) is 4.69. The Labute approximate surface area is 166 Å². The monoisotopic (exact) mass is 420 g/mol. The van der Waals surface area contributed by atoms with Crippen molar-refractivity contribution in [1.82, 2.24) is 0 Å². The Hall–Kier alpha value is -1.58. The average Bonchev–Trinajstić information content (AvgIpc) is 2.64. The van der Waals surface area contributed by atoms with E-state index < -0.39 is 14.3 Å². The van der Waals surface area contributed by atoms with Gasteiger partial charge >= 0.3 is 119 Å². The van der Waals surface area contributed by atoms with Crippen LogP contribution in [0.1, 0.15) is 20.8 Å². The van der Waals surface area contributed by atoms with Gasteiger partial charge in [0.15, 0.2) is 0 Å². The second-order valence-electron chi connectivity index (χ2n) is 7.72. The van der Waals surface area contributed by atoms with Gasteiger partial charge in [-0.3, -0.25) is 0 Å². The van der Waals surface area contributed by atoms with Crippen LogP contribution in [0, 0.1) is 0 Å². The fourth-order valence-electron chi connectivity index (χ4n) is 2.31. The molecule has 0 atom stereocenters. The fraction of sp³-hybridized carbons (Fsp3) is 0.250. The van der Waals surface area contributed by atoms with Gasteiger partial charge in [0.1, 0.15) is 0 Å². The predicted octanol–water partition coefficient (Wildman–Crippen LogP) is 4.74. The molecule has 0 fully saturated rings. The standard InChI is InChI=1S/C18H15Ge.C6H15Si/c1-4-10-16(11-5-1)19(17-12-6-2-7-13-17)18-14-8-3-9-15-18;1-6(2,3)7(4)5/h1-15H;1-5H3. The normalized spacial score (nSPS) is 11.2. The summed E-state index contributed by atoms with van der Waals surface area (Å²) in [5.41, 5.74) is 0. The van der Waals surface area contributed by atoms with E-state index in [-0.39, 0.29) is 8.80 Å². The van der Waals surface area contributed by atoms with Gasteiger partial charge in [0.05, 0.1) is 0 Å². The molecule has 3 aromatic carbocycles. The van der Waals surface area contributed by atoms with Crippen LogP contribution in [0.15, 0.2) is 91.0 Å². The summed E-state index contributed by atoms with van der Waals surface area (Å²) in [6.45, 7) is 11.6. The summed E-state index contributed by atoms with van der Waals surface area (Å²) >= 11 is -1.63. The van der Waals surface area contributed by atoms with Crippen molar-refractivity contribution in [3.8, 4) is 0 Å². The minimum atomic E-state index is -1.63. The summed E-state index contributed by atoms with van der Waals surface area (Å²) in [5.74, 6) is 0. The first-order valence-electron chi connectivity index (χ1n) is 9.23. The Balaban J connectivity index is 0.000000298.